The molecule has 4 rings (SSSR count). The molecule has 0 saturated heterocycles. The molecule has 0 spiro atoms. The molecule has 2 aliphatic carbocycles. The Balaban J connectivity index is 1.85. The van der Waals surface area contributed by atoms with E-state index in [1.165, 1.54) is 31.2 Å². The van der Waals surface area contributed by atoms with E-state index in [1.54, 1.807) is 12.1 Å². The molecule has 0 bridgehead atoms. The molecule has 0 radical (unpaired) electrons. The lowest BCUT2D eigenvalue weighted by molar-refractivity contribution is 0.0979. The Morgan fingerprint density at radius 3 is 1.95 bits per heavy atom. The molecule has 1 fully saturated rings. The van der Waals surface area contributed by atoms with E-state index in [-0.39, 0.29) is 11.6 Å². The fourth-order valence-electron chi connectivity index (χ4n) is 3.63. The molecule has 2 nitrogen and oxygen atoms in total. The third-order valence-corrected chi connectivity index (χ3v) is 4.78. The van der Waals surface area contributed by atoms with E-state index in [0.717, 1.165) is 0 Å². The molecule has 2 heteroatoms. The molecule has 0 N–H and O–H groups in total. The molecule has 0 unspecified atom stereocenters. The van der Waals surface area contributed by atoms with Crippen LogP contribution in [0.1, 0.15) is 69.0 Å². The third-order valence-electron chi connectivity index (χ3n) is 4.78. The Bertz CT molecular complexity index is 752. The Morgan fingerprint density at radius 1 is 0.714 bits per heavy atom. The van der Waals surface area contributed by atoms with Crippen LogP contribution in [-0.2, 0) is 0 Å². The summed E-state index contributed by atoms with van der Waals surface area (Å²) >= 11 is 0. The summed E-state index contributed by atoms with van der Waals surface area (Å²) in [6.07, 6.45) is 4.91. The minimum absolute atomic E-state index is 0.0138. The summed E-state index contributed by atoms with van der Waals surface area (Å²) in [6.45, 7) is 0. The maximum absolute atomic E-state index is 12.7. The molecular formula is C19H16O2. The minimum atomic E-state index is -0.0295. The average molecular weight is 276 g/mol. The van der Waals surface area contributed by atoms with Crippen LogP contribution in [0, 0.1) is 0 Å². The molecule has 0 amide bonds. The standard InChI is InChI=1S/C19H16O2/c20-18-14-7-3-4-8-15(14)19(21)17-11-13(9-10-16(17)18)12-5-1-2-6-12/h3-4,7-12H,1-2,5-6H2. The van der Waals surface area contributed by atoms with Crippen molar-refractivity contribution in [2.45, 2.75) is 31.6 Å². The number of hydrogen-bond acceptors (Lipinski definition) is 2. The molecule has 1 saturated carbocycles. The van der Waals surface area contributed by atoms with Crippen molar-refractivity contribution >= 4 is 11.6 Å². The van der Waals surface area contributed by atoms with E-state index in [2.05, 4.69) is 0 Å². The van der Waals surface area contributed by atoms with Crippen molar-refractivity contribution in [3.8, 4) is 0 Å². The lowest BCUT2D eigenvalue weighted by Gasteiger charge is -2.19. The number of ketones is 2. The van der Waals surface area contributed by atoms with E-state index in [4.69, 9.17) is 0 Å². The topological polar surface area (TPSA) is 34.1 Å². The Hall–Kier alpha value is -2.22. The maximum atomic E-state index is 12.7. The van der Waals surface area contributed by atoms with Crippen molar-refractivity contribution < 1.29 is 9.59 Å². The van der Waals surface area contributed by atoms with E-state index in [0.29, 0.717) is 28.2 Å². The molecule has 104 valence electrons. The maximum Gasteiger partial charge on any atom is 0.194 e. The lowest BCUT2D eigenvalue weighted by Crippen LogP contribution is -2.21. The second-order valence-corrected chi connectivity index (χ2v) is 5.99. The molecule has 0 aliphatic heterocycles. The Labute approximate surface area is 123 Å². The number of rotatable bonds is 1. The Kier molecular flexibility index (Phi) is 2.78. The predicted molar refractivity (Wildman–Crippen MR) is 81.0 cm³/mol. The van der Waals surface area contributed by atoms with Crippen LogP contribution >= 0.6 is 0 Å². The molecule has 2 aliphatic rings. The zero-order valence-electron chi connectivity index (χ0n) is 11.8. The van der Waals surface area contributed by atoms with Crippen molar-refractivity contribution in [2.24, 2.45) is 0 Å². The van der Waals surface area contributed by atoms with Gasteiger partial charge in [-0.25, -0.2) is 0 Å². The largest absolute Gasteiger partial charge is 0.289 e. The van der Waals surface area contributed by atoms with Gasteiger partial charge in [0.25, 0.3) is 0 Å². The van der Waals surface area contributed by atoms with Gasteiger partial charge in [-0.15, -0.1) is 0 Å². The highest BCUT2D eigenvalue weighted by Gasteiger charge is 2.30. The van der Waals surface area contributed by atoms with Crippen LogP contribution < -0.4 is 0 Å². The van der Waals surface area contributed by atoms with Crippen molar-refractivity contribution in [3.63, 3.8) is 0 Å². The quantitative estimate of drug-likeness (QED) is 0.670. The van der Waals surface area contributed by atoms with Crippen LogP contribution in [0.3, 0.4) is 0 Å². The van der Waals surface area contributed by atoms with Gasteiger partial charge in [-0.05, 0) is 30.4 Å². The summed E-state index contributed by atoms with van der Waals surface area (Å²) in [4.78, 5) is 25.2. The summed E-state index contributed by atoms with van der Waals surface area (Å²) < 4.78 is 0. The highest BCUT2D eigenvalue weighted by molar-refractivity contribution is 6.28. The van der Waals surface area contributed by atoms with Crippen LogP contribution in [0.25, 0.3) is 0 Å². The van der Waals surface area contributed by atoms with Crippen LogP contribution in [0.15, 0.2) is 42.5 Å². The molecule has 0 aromatic heterocycles. The van der Waals surface area contributed by atoms with Crippen molar-refractivity contribution in [2.75, 3.05) is 0 Å². The lowest BCUT2D eigenvalue weighted by atomic mass is 9.82. The number of carbonyl (C=O) groups excluding carboxylic acids is 2. The van der Waals surface area contributed by atoms with Crippen LogP contribution in [-0.4, -0.2) is 11.6 Å². The molecule has 21 heavy (non-hydrogen) atoms. The molecule has 2 aromatic carbocycles. The summed E-state index contributed by atoms with van der Waals surface area (Å²) in [7, 11) is 0. The molecular weight excluding hydrogens is 260 g/mol. The first kappa shape index (κ1) is 12.5. The van der Waals surface area contributed by atoms with Crippen molar-refractivity contribution in [1.82, 2.24) is 0 Å². The first-order valence-electron chi connectivity index (χ1n) is 7.58. The zero-order chi connectivity index (χ0) is 14.4. The van der Waals surface area contributed by atoms with Gasteiger partial charge in [0.2, 0.25) is 0 Å². The number of fused-ring (bicyclic) bond motifs is 2. The van der Waals surface area contributed by atoms with Gasteiger partial charge in [0.1, 0.15) is 0 Å². The number of carbonyl (C=O) groups is 2. The minimum Gasteiger partial charge on any atom is -0.289 e. The van der Waals surface area contributed by atoms with E-state index in [9.17, 15) is 9.59 Å². The summed E-state index contributed by atoms with van der Waals surface area (Å²) in [6, 6.07) is 13.0. The van der Waals surface area contributed by atoms with Crippen molar-refractivity contribution in [1.29, 1.82) is 0 Å². The zero-order valence-corrected chi connectivity index (χ0v) is 11.8. The van der Waals surface area contributed by atoms with Gasteiger partial charge in [-0.3, -0.25) is 9.59 Å². The van der Waals surface area contributed by atoms with Gasteiger partial charge in [-0.2, -0.15) is 0 Å². The summed E-state index contributed by atoms with van der Waals surface area (Å²) in [5, 5.41) is 0. The SMILES string of the molecule is O=C1c2ccccc2C(=O)c2cc(C3CCCC3)ccc21. The Morgan fingerprint density at radius 2 is 1.29 bits per heavy atom. The van der Waals surface area contributed by atoms with Gasteiger partial charge in [0.05, 0.1) is 0 Å². The number of hydrogen-bond donors (Lipinski definition) is 0. The van der Waals surface area contributed by atoms with E-state index in [1.807, 2.05) is 30.3 Å². The van der Waals surface area contributed by atoms with Crippen LogP contribution in [0.4, 0.5) is 0 Å². The predicted octanol–water partition coefficient (Wildman–Crippen LogP) is 4.12. The van der Waals surface area contributed by atoms with Crippen LogP contribution in [0.5, 0.6) is 0 Å². The van der Waals surface area contributed by atoms with Gasteiger partial charge in [-0.1, -0.05) is 49.2 Å². The van der Waals surface area contributed by atoms with Gasteiger partial charge < -0.3 is 0 Å². The normalized spacial score (nSPS) is 17.7. The number of benzene rings is 2. The van der Waals surface area contributed by atoms with Gasteiger partial charge in [0, 0.05) is 22.3 Å². The van der Waals surface area contributed by atoms with E-state index >= 15 is 0 Å². The van der Waals surface area contributed by atoms with Crippen LogP contribution in [0.2, 0.25) is 0 Å². The second kappa shape index (κ2) is 4.66. The molecule has 0 atom stereocenters. The van der Waals surface area contributed by atoms with Gasteiger partial charge in [0.15, 0.2) is 11.6 Å². The third kappa shape index (κ3) is 1.86. The van der Waals surface area contributed by atoms with E-state index < -0.39 is 0 Å². The fourth-order valence-corrected chi connectivity index (χ4v) is 3.63. The second-order valence-electron chi connectivity index (χ2n) is 5.99. The molecule has 0 heterocycles. The highest BCUT2D eigenvalue weighted by Crippen LogP contribution is 2.36. The smallest absolute Gasteiger partial charge is 0.194 e. The summed E-state index contributed by atoms with van der Waals surface area (Å²) in [5.41, 5.74) is 3.43. The fraction of sp³-hybridized carbons (Fsp3) is 0.263. The van der Waals surface area contributed by atoms with Gasteiger partial charge >= 0.3 is 0 Å². The highest BCUT2D eigenvalue weighted by atomic mass is 16.1. The monoisotopic (exact) mass is 276 g/mol. The first-order valence-corrected chi connectivity index (χ1v) is 7.58. The summed E-state index contributed by atoms with van der Waals surface area (Å²) in [5.74, 6) is 0.508. The first-order chi connectivity index (χ1) is 10.3. The van der Waals surface area contributed by atoms with Crippen molar-refractivity contribution in [3.05, 3.63) is 70.3 Å². The molecule has 2 aromatic rings. The average Bonchev–Trinajstić information content (AvgIpc) is 3.06.